The molecule has 0 saturated heterocycles. The average molecular weight is 235 g/mol. The summed E-state index contributed by atoms with van der Waals surface area (Å²) in [6, 6.07) is 0.524. The first-order valence-electron chi connectivity index (χ1n) is 3.01. The number of hydrogen-bond acceptors (Lipinski definition) is 1. The maximum atomic E-state index is 3.21. The summed E-state index contributed by atoms with van der Waals surface area (Å²) in [6.45, 7) is 0. The first-order valence-corrected chi connectivity index (χ1v) is 4.25. The van der Waals surface area contributed by atoms with Gasteiger partial charge in [0.2, 0.25) is 0 Å². The Morgan fingerprint density at radius 1 is 1.33 bits per heavy atom. The molecule has 1 N–H and O–H groups in total. The fraction of sp³-hybridized carbons (Fsp3) is 0.429. The lowest BCUT2D eigenvalue weighted by Crippen LogP contribution is -2.31. The van der Waals surface area contributed by atoms with E-state index in [9.17, 15) is 0 Å². The second-order valence-electron chi connectivity index (χ2n) is 2.03. The minimum Gasteiger partial charge on any atom is -0.312 e. The van der Waals surface area contributed by atoms with Gasteiger partial charge in [-0.05, 0) is 7.05 Å². The van der Waals surface area contributed by atoms with Gasteiger partial charge in [-0.3, -0.25) is 0 Å². The SMILES string of the molecule is CNC1C=CC=CC1I. The Balaban J connectivity index is 2.55. The van der Waals surface area contributed by atoms with Gasteiger partial charge in [-0.2, -0.15) is 0 Å². The van der Waals surface area contributed by atoms with E-state index in [0.717, 1.165) is 0 Å². The van der Waals surface area contributed by atoms with Crippen LogP contribution in [-0.4, -0.2) is 17.0 Å². The van der Waals surface area contributed by atoms with E-state index in [1.165, 1.54) is 0 Å². The van der Waals surface area contributed by atoms with Crippen molar-refractivity contribution < 1.29 is 0 Å². The number of allylic oxidation sites excluding steroid dienone is 2. The highest BCUT2D eigenvalue weighted by molar-refractivity contribution is 14.1. The Morgan fingerprint density at radius 3 is 2.44 bits per heavy atom. The number of halogens is 1. The van der Waals surface area contributed by atoms with Crippen LogP contribution in [0.4, 0.5) is 0 Å². The van der Waals surface area contributed by atoms with E-state index in [-0.39, 0.29) is 0 Å². The van der Waals surface area contributed by atoms with E-state index in [2.05, 4.69) is 52.2 Å². The van der Waals surface area contributed by atoms with E-state index in [4.69, 9.17) is 0 Å². The predicted molar refractivity (Wildman–Crippen MR) is 48.9 cm³/mol. The number of likely N-dealkylation sites (N-methyl/N-ethyl adjacent to an activating group) is 1. The van der Waals surface area contributed by atoms with E-state index < -0.39 is 0 Å². The van der Waals surface area contributed by atoms with Crippen LogP contribution >= 0.6 is 22.6 Å². The smallest absolute Gasteiger partial charge is 0.0481 e. The molecule has 0 aromatic rings. The standard InChI is InChI=1S/C7H10IN/c1-9-7-5-3-2-4-6(7)8/h2-7,9H,1H3. The van der Waals surface area contributed by atoms with Gasteiger partial charge in [0, 0.05) is 9.97 Å². The predicted octanol–water partition coefficient (Wildman–Crippen LogP) is 1.50. The first-order chi connectivity index (χ1) is 4.34. The Morgan fingerprint density at radius 2 is 2.00 bits per heavy atom. The van der Waals surface area contributed by atoms with Gasteiger partial charge in [0.25, 0.3) is 0 Å². The Bertz CT molecular complexity index is 140. The maximum absolute atomic E-state index is 3.21. The highest BCUT2D eigenvalue weighted by Crippen LogP contribution is 2.12. The molecule has 0 amide bonds. The maximum Gasteiger partial charge on any atom is 0.0481 e. The van der Waals surface area contributed by atoms with Gasteiger partial charge in [0.05, 0.1) is 0 Å². The van der Waals surface area contributed by atoms with Gasteiger partial charge in [-0.15, -0.1) is 0 Å². The van der Waals surface area contributed by atoms with E-state index in [1.807, 2.05) is 7.05 Å². The molecule has 2 atom stereocenters. The Labute approximate surface area is 69.4 Å². The van der Waals surface area contributed by atoms with Crippen molar-refractivity contribution in [3.63, 3.8) is 0 Å². The van der Waals surface area contributed by atoms with Crippen molar-refractivity contribution in [1.82, 2.24) is 5.32 Å². The molecule has 0 fully saturated rings. The molecule has 0 aromatic heterocycles. The van der Waals surface area contributed by atoms with Crippen molar-refractivity contribution >= 4 is 22.6 Å². The number of rotatable bonds is 1. The largest absolute Gasteiger partial charge is 0.312 e. The third-order valence-electron chi connectivity index (χ3n) is 1.40. The molecule has 0 bridgehead atoms. The molecule has 2 unspecified atom stereocenters. The summed E-state index contributed by atoms with van der Waals surface area (Å²) in [4.78, 5) is 0. The molecule has 2 heteroatoms. The van der Waals surface area contributed by atoms with Crippen LogP contribution in [0, 0.1) is 0 Å². The molecular weight excluding hydrogens is 225 g/mol. The van der Waals surface area contributed by atoms with E-state index in [0.29, 0.717) is 9.97 Å². The summed E-state index contributed by atoms with van der Waals surface area (Å²) in [7, 11) is 1.99. The third kappa shape index (κ3) is 1.79. The second-order valence-corrected chi connectivity index (χ2v) is 3.47. The van der Waals surface area contributed by atoms with Crippen molar-refractivity contribution in [2.75, 3.05) is 7.05 Å². The minimum atomic E-state index is 0.524. The van der Waals surface area contributed by atoms with Gasteiger partial charge < -0.3 is 5.32 Å². The van der Waals surface area contributed by atoms with Crippen LogP contribution in [0.25, 0.3) is 0 Å². The zero-order valence-electron chi connectivity index (χ0n) is 5.34. The fourth-order valence-corrected chi connectivity index (χ4v) is 1.67. The van der Waals surface area contributed by atoms with Gasteiger partial charge in [0.15, 0.2) is 0 Å². The lowest BCUT2D eigenvalue weighted by molar-refractivity contribution is 0.695. The summed E-state index contributed by atoms with van der Waals surface area (Å²) in [5, 5.41) is 3.21. The number of hydrogen-bond donors (Lipinski definition) is 1. The van der Waals surface area contributed by atoms with Gasteiger partial charge in [-0.25, -0.2) is 0 Å². The lowest BCUT2D eigenvalue weighted by atomic mass is 10.1. The van der Waals surface area contributed by atoms with Crippen molar-refractivity contribution in [1.29, 1.82) is 0 Å². The summed E-state index contributed by atoms with van der Waals surface area (Å²) in [6.07, 6.45) is 8.54. The van der Waals surface area contributed by atoms with Crippen molar-refractivity contribution in [3.8, 4) is 0 Å². The molecular formula is C7H10IN. The molecule has 0 heterocycles. The Kier molecular flexibility index (Phi) is 2.72. The average Bonchev–Trinajstić information content (AvgIpc) is 1.89. The molecule has 1 rings (SSSR count). The summed E-state index contributed by atoms with van der Waals surface area (Å²) < 4.78 is 0.609. The van der Waals surface area contributed by atoms with E-state index >= 15 is 0 Å². The molecule has 0 saturated carbocycles. The summed E-state index contributed by atoms with van der Waals surface area (Å²) >= 11 is 2.42. The van der Waals surface area contributed by atoms with Gasteiger partial charge in [0.1, 0.15) is 0 Å². The highest BCUT2D eigenvalue weighted by Gasteiger charge is 2.11. The van der Waals surface area contributed by atoms with E-state index in [1.54, 1.807) is 0 Å². The van der Waals surface area contributed by atoms with Crippen molar-refractivity contribution in [2.45, 2.75) is 9.97 Å². The minimum absolute atomic E-state index is 0.524. The monoisotopic (exact) mass is 235 g/mol. The van der Waals surface area contributed by atoms with Crippen LogP contribution in [0.3, 0.4) is 0 Å². The highest BCUT2D eigenvalue weighted by atomic mass is 127. The topological polar surface area (TPSA) is 12.0 Å². The van der Waals surface area contributed by atoms with Crippen LogP contribution in [0.2, 0.25) is 0 Å². The Hall–Kier alpha value is 0.170. The van der Waals surface area contributed by atoms with Crippen LogP contribution in [0.15, 0.2) is 24.3 Å². The van der Waals surface area contributed by atoms with Gasteiger partial charge >= 0.3 is 0 Å². The third-order valence-corrected chi connectivity index (χ3v) is 2.59. The summed E-state index contributed by atoms with van der Waals surface area (Å²) in [5.74, 6) is 0. The molecule has 0 aliphatic heterocycles. The molecule has 1 nitrogen and oxygen atoms in total. The number of nitrogens with one attached hydrogen (secondary N) is 1. The molecule has 50 valence electrons. The summed E-state index contributed by atoms with van der Waals surface area (Å²) in [5.41, 5.74) is 0. The molecule has 1 aliphatic carbocycles. The zero-order valence-corrected chi connectivity index (χ0v) is 7.50. The molecule has 9 heavy (non-hydrogen) atoms. The molecule has 0 radical (unpaired) electrons. The molecule has 0 spiro atoms. The van der Waals surface area contributed by atoms with Crippen LogP contribution in [-0.2, 0) is 0 Å². The van der Waals surface area contributed by atoms with Crippen LogP contribution in [0.5, 0.6) is 0 Å². The van der Waals surface area contributed by atoms with Crippen molar-refractivity contribution in [2.24, 2.45) is 0 Å². The van der Waals surface area contributed by atoms with Crippen molar-refractivity contribution in [3.05, 3.63) is 24.3 Å². The lowest BCUT2D eigenvalue weighted by Gasteiger charge is -2.17. The molecule has 0 aromatic carbocycles. The quantitative estimate of drug-likeness (QED) is 0.536. The molecule has 1 aliphatic rings. The van der Waals surface area contributed by atoms with Crippen LogP contribution in [0.1, 0.15) is 0 Å². The number of alkyl halides is 1. The fourth-order valence-electron chi connectivity index (χ4n) is 0.835. The second kappa shape index (κ2) is 3.37. The normalized spacial score (nSPS) is 33.1. The first kappa shape index (κ1) is 7.28. The van der Waals surface area contributed by atoms with Crippen LogP contribution < -0.4 is 5.32 Å². The van der Waals surface area contributed by atoms with Gasteiger partial charge in [-0.1, -0.05) is 46.9 Å². The zero-order chi connectivity index (χ0) is 6.69.